The minimum absolute atomic E-state index is 0.00917. The number of pyridine rings is 1. The molecule has 2 aromatic heterocycles. The molecule has 0 aliphatic carbocycles. The van der Waals surface area contributed by atoms with Crippen LogP contribution in [0.2, 0.25) is 0 Å². The minimum atomic E-state index is -0.629. The number of aromatic amines is 2. The van der Waals surface area contributed by atoms with E-state index in [0.717, 1.165) is 4.47 Å². The summed E-state index contributed by atoms with van der Waals surface area (Å²) in [6.07, 6.45) is 1.73. The van der Waals surface area contributed by atoms with Gasteiger partial charge < -0.3 is 14.7 Å². The molecule has 0 aliphatic rings. The van der Waals surface area contributed by atoms with E-state index in [1.807, 2.05) is 6.07 Å². The zero-order valence-electron chi connectivity index (χ0n) is 11.8. The van der Waals surface area contributed by atoms with E-state index in [1.165, 1.54) is 0 Å². The Morgan fingerprint density at radius 2 is 2.14 bits per heavy atom. The standard InChI is InChI=1S/C16H13BrN2O3/c1-2-22-16(21)13-14(12-4-3-7-18-12)19-11-6-5-9(17)8-10(11)15(13)20/h3-8,18H,2H2,1H3,(H,19,20). The topological polar surface area (TPSA) is 75.0 Å². The summed E-state index contributed by atoms with van der Waals surface area (Å²) in [5.41, 5.74) is 1.41. The molecule has 2 heterocycles. The molecule has 5 nitrogen and oxygen atoms in total. The second-order valence-corrected chi connectivity index (χ2v) is 5.61. The molecule has 0 aliphatic heterocycles. The smallest absolute Gasteiger partial charge is 0.344 e. The largest absolute Gasteiger partial charge is 0.462 e. The highest BCUT2D eigenvalue weighted by atomic mass is 79.9. The molecule has 0 fully saturated rings. The molecule has 0 unspecified atom stereocenters. The first-order valence-corrected chi connectivity index (χ1v) is 7.57. The number of esters is 1. The van der Waals surface area contributed by atoms with E-state index >= 15 is 0 Å². The molecule has 3 aromatic rings. The number of H-pyrrole nitrogens is 2. The molecule has 0 amide bonds. The van der Waals surface area contributed by atoms with Crippen molar-refractivity contribution in [3.8, 4) is 11.4 Å². The third-order valence-corrected chi connectivity index (χ3v) is 3.80. The fraction of sp³-hybridized carbons (Fsp3) is 0.125. The highest BCUT2D eigenvalue weighted by Gasteiger charge is 2.21. The first kappa shape index (κ1) is 14.6. The maximum atomic E-state index is 12.8. The highest BCUT2D eigenvalue weighted by molar-refractivity contribution is 9.10. The molecule has 3 rings (SSSR count). The molecule has 112 valence electrons. The molecule has 6 heteroatoms. The maximum Gasteiger partial charge on any atom is 0.344 e. The van der Waals surface area contributed by atoms with Crippen molar-refractivity contribution in [3.63, 3.8) is 0 Å². The summed E-state index contributed by atoms with van der Waals surface area (Å²) in [7, 11) is 0. The van der Waals surface area contributed by atoms with Crippen LogP contribution < -0.4 is 5.43 Å². The van der Waals surface area contributed by atoms with Crippen molar-refractivity contribution < 1.29 is 9.53 Å². The third-order valence-electron chi connectivity index (χ3n) is 3.31. The summed E-state index contributed by atoms with van der Waals surface area (Å²) in [5.74, 6) is -0.629. The molecule has 0 bridgehead atoms. The van der Waals surface area contributed by atoms with Gasteiger partial charge in [-0.3, -0.25) is 4.79 Å². The summed E-state index contributed by atoms with van der Waals surface area (Å²) in [6, 6.07) is 8.91. The fourth-order valence-corrected chi connectivity index (χ4v) is 2.71. The normalized spacial score (nSPS) is 10.8. The lowest BCUT2D eigenvalue weighted by molar-refractivity contribution is 0.0525. The number of nitrogens with one attached hydrogen (secondary N) is 2. The lowest BCUT2D eigenvalue weighted by Gasteiger charge is -2.10. The van der Waals surface area contributed by atoms with Gasteiger partial charge in [0.2, 0.25) is 5.43 Å². The molecule has 0 radical (unpaired) electrons. The SMILES string of the molecule is CCOC(=O)c1c(-c2ccc[nH]2)[nH]c2ccc(Br)cc2c1=O. The van der Waals surface area contributed by atoms with Gasteiger partial charge in [-0.1, -0.05) is 15.9 Å². The van der Waals surface area contributed by atoms with Crippen LogP contribution in [0.1, 0.15) is 17.3 Å². The molecule has 0 saturated heterocycles. The van der Waals surface area contributed by atoms with E-state index in [-0.39, 0.29) is 17.6 Å². The summed E-state index contributed by atoms with van der Waals surface area (Å²) in [5, 5.41) is 0.438. The van der Waals surface area contributed by atoms with Crippen LogP contribution in [0, 0.1) is 0 Å². The number of benzene rings is 1. The van der Waals surface area contributed by atoms with Gasteiger partial charge in [-0.25, -0.2) is 4.79 Å². The van der Waals surface area contributed by atoms with Gasteiger partial charge in [0, 0.05) is 21.6 Å². The van der Waals surface area contributed by atoms with Crippen molar-refractivity contribution in [2.24, 2.45) is 0 Å². The van der Waals surface area contributed by atoms with E-state index < -0.39 is 5.97 Å². The monoisotopic (exact) mass is 360 g/mol. The second kappa shape index (κ2) is 5.81. The lowest BCUT2D eigenvalue weighted by atomic mass is 10.1. The predicted molar refractivity (Wildman–Crippen MR) is 88.0 cm³/mol. The number of hydrogen-bond acceptors (Lipinski definition) is 3. The van der Waals surface area contributed by atoms with Crippen molar-refractivity contribution in [2.75, 3.05) is 6.61 Å². The van der Waals surface area contributed by atoms with Crippen molar-refractivity contribution >= 4 is 32.8 Å². The highest BCUT2D eigenvalue weighted by Crippen LogP contribution is 2.23. The summed E-state index contributed by atoms with van der Waals surface area (Å²) < 4.78 is 5.81. The molecule has 0 atom stereocenters. The quantitative estimate of drug-likeness (QED) is 0.702. The zero-order valence-corrected chi connectivity index (χ0v) is 13.4. The molecule has 22 heavy (non-hydrogen) atoms. The van der Waals surface area contributed by atoms with Crippen LogP contribution in [-0.4, -0.2) is 22.5 Å². The number of hydrogen-bond donors (Lipinski definition) is 2. The summed E-state index contributed by atoms with van der Waals surface area (Å²) in [6.45, 7) is 1.91. The first-order chi connectivity index (χ1) is 10.6. The van der Waals surface area contributed by atoms with Crippen LogP contribution in [0.4, 0.5) is 0 Å². The number of fused-ring (bicyclic) bond motifs is 1. The number of halogens is 1. The average Bonchev–Trinajstić information content (AvgIpc) is 3.02. The van der Waals surface area contributed by atoms with Crippen LogP contribution >= 0.6 is 15.9 Å². The minimum Gasteiger partial charge on any atom is -0.462 e. The van der Waals surface area contributed by atoms with Gasteiger partial charge in [-0.15, -0.1) is 0 Å². The molecule has 0 spiro atoms. The Morgan fingerprint density at radius 1 is 1.32 bits per heavy atom. The summed E-state index contributed by atoms with van der Waals surface area (Å²) in [4.78, 5) is 31.2. The molecule has 2 N–H and O–H groups in total. The van der Waals surface area contributed by atoms with E-state index in [4.69, 9.17) is 4.74 Å². The van der Waals surface area contributed by atoms with Gasteiger partial charge >= 0.3 is 5.97 Å². The number of rotatable bonds is 3. The van der Waals surface area contributed by atoms with E-state index in [2.05, 4.69) is 25.9 Å². The lowest BCUT2D eigenvalue weighted by Crippen LogP contribution is -2.20. The van der Waals surface area contributed by atoms with Gasteiger partial charge in [-0.05, 0) is 37.3 Å². The number of aromatic nitrogens is 2. The van der Waals surface area contributed by atoms with Gasteiger partial charge in [0.25, 0.3) is 0 Å². The summed E-state index contributed by atoms with van der Waals surface area (Å²) >= 11 is 3.34. The average molecular weight is 361 g/mol. The van der Waals surface area contributed by atoms with Gasteiger partial charge in [-0.2, -0.15) is 0 Å². The first-order valence-electron chi connectivity index (χ1n) is 6.78. The molecule has 1 aromatic carbocycles. The van der Waals surface area contributed by atoms with Crippen LogP contribution in [-0.2, 0) is 4.74 Å². The Morgan fingerprint density at radius 3 is 2.82 bits per heavy atom. The third kappa shape index (κ3) is 2.46. The number of carbonyl (C=O) groups excluding carboxylic acids is 1. The van der Waals surface area contributed by atoms with E-state index in [9.17, 15) is 9.59 Å². The van der Waals surface area contributed by atoms with Crippen LogP contribution in [0.5, 0.6) is 0 Å². The Balaban J connectivity index is 2.37. The number of carbonyl (C=O) groups is 1. The predicted octanol–water partition coefficient (Wildman–Crippen LogP) is 3.46. The number of ether oxygens (including phenoxy) is 1. The Hall–Kier alpha value is -2.34. The fourth-order valence-electron chi connectivity index (χ4n) is 2.34. The molecular formula is C16H13BrN2O3. The second-order valence-electron chi connectivity index (χ2n) is 4.70. The molecule has 0 saturated carbocycles. The Kier molecular flexibility index (Phi) is 3.85. The Labute approximate surface area is 134 Å². The Bertz CT molecular complexity index is 898. The van der Waals surface area contributed by atoms with E-state index in [0.29, 0.717) is 22.3 Å². The van der Waals surface area contributed by atoms with Gasteiger partial charge in [0.15, 0.2) is 0 Å². The van der Waals surface area contributed by atoms with Gasteiger partial charge in [0.05, 0.1) is 18.0 Å². The van der Waals surface area contributed by atoms with Crippen molar-refractivity contribution in [1.29, 1.82) is 0 Å². The van der Waals surface area contributed by atoms with Crippen molar-refractivity contribution in [1.82, 2.24) is 9.97 Å². The van der Waals surface area contributed by atoms with Gasteiger partial charge in [0.1, 0.15) is 5.56 Å². The van der Waals surface area contributed by atoms with Crippen LogP contribution in [0.25, 0.3) is 22.3 Å². The van der Waals surface area contributed by atoms with E-state index in [1.54, 1.807) is 37.4 Å². The zero-order chi connectivity index (χ0) is 15.7. The maximum absolute atomic E-state index is 12.8. The molecular weight excluding hydrogens is 348 g/mol. The van der Waals surface area contributed by atoms with Crippen LogP contribution in [0.3, 0.4) is 0 Å². The van der Waals surface area contributed by atoms with Crippen molar-refractivity contribution in [2.45, 2.75) is 6.92 Å². The van der Waals surface area contributed by atoms with Crippen LogP contribution in [0.15, 0.2) is 45.8 Å². The van der Waals surface area contributed by atoms with Crippen molar-refractivity contribution in [3.05, 3.63) is 56.8 Å².